The largest absolute Gasteiger partial charge is 0.483 e. The highest BCUT2D eigenvalue weighted by molar-refractivity contribution is 5.96. The van der Waals surface area contributed by atoms with E-state index in [-0.39, 0.29) is 36.6 Å². The summed E-state index contributed by atoms with van der Waals surface area (Å²) in [6.07, 6.45) is 3.82. The Bertz CT molecular complexity index is 1560. The minimum absolute atomic E-state index is 0.0220. The van der Waals surface area contributed by atoms with Gasteiger partial charge in [-0.1, -0.05) is 0 Å². The smallest absolute Gasteiger partial charge is 0.341 e. The van der Waals surface area contributed by atoms with E-state index < -0.39 is 35.6 Å². The molecule has 11 nitrogen and oxygen atoms in total. The van der Waals surface area contributed by atoms with E-state index in [1.807, 2.05) is 0 Å². The van der Waals surface area contributed by atoms with Gasteiger partial charge < -0.3 is 19.7 Å². The Morgan fingerprint density at radius 3 is 2.49 bits per heavy atom. The van der Waals surface area contributed by atoms with Crippen LogP contribution in [0.5, 0.6) is 5.75 Å². The highest BCUT2D eigenvalue weighted by atomic mass is 19.1. The van der Waals surface area contributed by atoms with Crippen LogP contribution in [0.4, 0.5) is 18.0 Å². The van der Waals surface area contributed by atoms with Crippen LogP contribution in [-0.2, 0) is 4.74 Å². The van der Waals surface area contributed by atoms with Crippen LogP contribution < -0.4 is 10.1 Å². The van der Waals surface area contributed by atoms with Gasteiger partial charge in [-0.15, -0.1) is 0 Å². The summed E-state index contributed by atoms with van der Waals surface area (Å²) in [5.41, 5.74) is 1.78. The average Bonchev–Trinajstić information content (AvgIpc) is 3.55. The molecule has 2 fully saturated rings. The summed E-state index contributed by atoms with van der Waals surface area (Å²) in [6, 6.07) is 3.46. The molecule has 6 rings (SSSR count). The number of aryl methyl sites for hydroxylation is 1. The lowest BCUT2D eigenvalue weighted by atomic mass is 10.0. The lowest BCUT2D eigenvalue weighted by Gasteiger charge is -2.41. The van der Waals surface area contributed by atoms with E-state index in [0.717, 1.165) is 25.1 Å². The zero-order valence-electron chi connectivity index (χ0n) is 23.6. The summed E-state index contributed by atoms with van der Waals surface area (Å²) >= 11 is 0. The molecule has 1 aromatic carbocycles. The summed E-state index contributed by atoms with van der Waals surface area (Å²) < 4.78 is 54.9. The fourth-order valence-corrected chi connectivity index (χ4v) is 5.55. The summed E-state index contributed by atoms with van der Waals surface area (Å²) in [6.45, 7) is 4.97. The number of hydrazone groups is 1. The van der Waals surface area contributed by atoms with E-state index in [9.17, 15) is 22.8 Å². The Morgan fingerprint density at radius 1 is 1.05 bits per heavy atom. The molecule has 3 aromatic rings. The number of benzene rings is 1. The Morgan fingerprint density at radius 2 is 1.77 bits per heavy atom. The number of hydrogen-bond acceptors (Lipinski definition) is 7. The van der Waals surface area contributed by atoms with Crippen LogP contribution in [-0.4, -0.2) is 81.3 Å². The van der Waals surface area contributed by atoms with Crippen LogP contribution in [0.15, 0.2) is 35.6 Å². The molecule has 2 saturated heterocycles. The van der Waals surface area contributed by atoms with Crippen molar-refractivity contribution in [2.45, 2.75) is 51.3 Å². The van der Waals surface area contributed by atoms with Crippen LogP contribution in [0.1, 0.15) is 52.6 Å². The standard InChI is InChI=1S/C29H30F3N7O4/c1-16-27(28(40)35-21-4-7-42-8-5-21)17(2)38(36-16)26-12-25(23(32)13-33-26)43-22-14-37(15-22)29(41)39-24(3-6-34-39)18-9-19(30)11-20(31)10-18/h6,9-13,21-22,24H,3-5,7-8,14-15H2,1-2H3,(H,35,40)/t24-/m0/s1. The van der Waals surface area contributed by atoms with Gasteiger partial charge in [0.25, 0.3) is 5.91 Å². The maximum atomic E-state index is 14.7. The summed E-state index contributed by atoms with van der Waals surface area (Å²) in [5.74, 6) is -2.20. The topological polar surface area (TPSA) is 114 Å². The predicted molar refractivity (Wildman–Crippen MR) is 148 cm³/mol. The van der Waals surface area contributed by atoms with Crippen molar-refractivity contribution in [1.29, 1.82) is 0 Å². The van der Waals surface area contributed by atoms with Crippen LogP contribution in [0.25, 0.3) is 5.82 Å². The number of ether oxygens (including phenoxy) is 2. The Labute approximate surface area is 245 Å². The van der Waals surface area contributed by atoms with E-state index >= 15 is 0 Å². The van der Waals surface area contributed by atoms with Gasteiger partial charge in [0, 0.05) is 44.0 Å². The zero-order valence-corrected chi connectivity index (χ0v) is 23.6. The molecule has 0 saturated carbocycles. The van der Waals surface area contributed by atoms with E-state index in [1.165, 1.54) is 39.0 Å². The second kappa shape index (κ2) is 11.7. The number of likely N-dealkylation sites (tertiary alicyclic amines) is 1. The van der Waals surface area contributed by atoms with Gasteiger partial charge in [-0.2, -0.15) is 10.2 Å². The number of amides is 3. The maximum Gasteiger partial charge on any atom is 0.341 e. The SMILES string of the molecule is Cc1nn(-c2cc(OC3CN(C(=O)N4N=CC[C@H]4c4cc(F)cc(F)c4)C3)c(F)cn2)c(C)c1C(=O)NC1CCOCC1. The lowest BCUT2D eigenvalue weighted by molar-refractivity contribution is 0.0256. The first-order chi connectivity index (χ1) is 20.7. The van der Waals surface area contributed by atoms with E-state index in [4.69, 9.17) is 9.47 Å². The number of rotatable bonds is 6. The minimum Gasteiger partial charge on any atom is -0.483 e. The molecule has 0 spiro atoms. The van der Waals surface area contributed by atoms with Gasteiger partial charge in [0.2, 0.25) is 0 Å². The molecule has 0 aliphatic carbocycles. The van der Waals surface area contributed by atoms with Crippen molar-refractivity contribution in [1.82, 2.24) is 30.0 Å². The molecule has 43 heavy (non-hydrogen) atoms. The molecule has 1 N–H and O–H groups in total. The van der Waals surface area contributed by atoms with Crippen molar-refractivity contribution in [3.8, 4) is 11.6 Å². The number of hydrogen-bond donors (Lipinski definition) is 1. The van der Waals surface area contributed by atoms with Crippen LogP contribution in [0.3, 0.4) is 0 Å². The molecule has 0 bridgehead atoms. The number of pyridine rings is 1. The minimum atomic E-state index is -0.736. The molecular weight excluding hydrogens is 567 g/mol. The number of aromatic nitrogens is 3. The number of urea groups is 1. The first kappa shape index (κ1) is 28.6. The van der Waals surface area contributed by atoms with Gasteiger partial charge in [0.15, 0.2) is 17.4 Å². The zero-order chi connectivity index (χ0) is 30.2. The fraction of sp³-hybridized carbons (Fsp3) is 0.414. The summed E-state index contributed by atoms with van der Waals surface area (Å²) in [4.78, 5) is 31.7. The lowest BCUT2D eigenvalue weighted by Crippen LogP contribution is -2.58. The van der Waals surface area contributed by atoms with Gasteiger partial charge in [0.05, 0.1) is 42.3 Å². The van der Waals surface area contributed by atoms with E-state index in [0.29, 0.717) is 42.1 Å². The maximum absolute atomic E-state index is 14.7. The monoisotopic (exact) mass is 597 g/mol. The third-order valence-corrected chi connectivity index (χ3v) is 7.81. The molecule has 226 valence electrons. The molecule has 3 aliphatic rings. The second-order valence-electron chi connectivity index (χ2n) is 10.8. The van der Waals surface area contributed by atoms with Gasteiger partial charge >= 0.3 is 6.03 Å². The first-order valence-corrected chi connectivity index (χ1v) is 14.0. The number of nitrogens with one attached hydrogen (secondary N) is 1. The molecular formula is C29H30F3N7O4. The summed E-state index contributed by atoms with van der Waals surface area (Å²) in [5, 5.41) is 12.8. The van der Waals surface area contributed by atoms with E-state index in [2.05, 4.69) is 20.5 Å². The highest BCUT2D eigenvalue weighted by Crippen LogP contribution is 2.32. The highest BCUT2D eigenvalue weighted by Gasteiger charge is 2.39. The van der Waals surface area contributed by atoms with Crippen molar-refractivity contribution in [3.63, 3.8) is 0 Å². The Hall–Kier alpha value is -4.46. The third kappa shape index (κ3) is 5.78. The van der Waals surface area contributed by atoms with Crippen LogP contribution >= 0.6 is 0 Å². The molecule has 3 amide bonds. The van der Waals surface area contributed by atoms with Gasteiger partial charge in [-0.25, -0.2) is 32.6 Å². The molecule has 2 aromatic heterocycles. The Kier molecular flexibility index (Phi) is 7.77. The number of carbonyl (C=O) groups excluding carboxylic acids is 2. The van der Waals surface area contributed by atoms with Gasteiger partial charge in [0.1, 0.15) is 17.7 Å². The van der Waals surface area contributed by atoms with Crippen molar-refractivity contribution >= 4 is 18.2 Å². The van der Waals surface area contributed by atoms with Crippen molar-refractivity contribution in [2.75, 3.05) is 26.3 Å². The third-order valence-electron chi connectivity index (χ3n) is 7.81. The number of nitrogens with zero attached hydrogens (tertiary/aromatic N) is 6. The average molecular weight is 598 g/mol. The molecule has 5 heterocycles. The van der Waals surface area contributed by atoms with Crippen LogP contribution in [0, 0.1) is 31.3 Å². The predicted octanol–water partition coefficient (Wildman–Crippen LogP) is 3.83. The number of halogens is 3. The first-order valence-electron chi connectivity index (χ1n) is 14.0. The summed E-state index contributed by atoms with van der Waals surface area (Å²) in [7, 11) is 0. The van der Waals surface area contributed by atoms with Crippen molar-refractivity contribution in [2.24, 2.45) is 5.10 Å². The number of carbonyl (C=O) groups is 2. The molecule has 1 atom stereocenters. The molecule has 14 heteroatoms. The van der Waals surface area contributed by atoms with Crippen molar-refractivity contribution < 1.29 is 32.2 Å². The fourth-order valence-electron chi connectivity index (χ4n) is 5.55. The normalized spacial score (nSPS) is 19.0. The quantitative estimate of drug-likeness (QED) is 0.462. The second-order valence-corrected chi connectivity index (χ2v) is 10.8. The van der Waals surface area contributed by atoms with Crippen molar-refractivity contribution in [3.05, 3.63) is 70.4 Å². The Balaban J connectivity index is 1.11. The molecule has 0 radical (unpaired) electrons. The van der Waals surface area contributed by atoms with Crippen LogP contribution in [0.2, 0.25) is 0 Å². The molecule has 3 aliphatic heterocycles. The van der Waals surface area contributed by atoms with Gasteiger partial charge in [-0.3, -0.25) is 4.79 Å². The van der Waals surface area contributed by atoms with E-state index in [1.54, 1.807) is 13.8 Å². The molecule has 0 unspecified atom stereocenters. The van der Waals surface area contributed by atoms with Gasteiger partial charge in [-0.05, 0) is 44.4 Å².